The third-order valence-electron chi connectivity index (χ3n) is 1.74. The Morgan fingerprint density at radius 3 is 2.41 bits per heavy atom. The molecule has 0 spiro atoms. The Hall–Kier alpha value is -2.11. The summed E-state index contributed by atoms with van der Waals surface area (Å²) in [6.45, 7) is 4.98. The van der Waals surface area contributed by atoms with Crippen molar-refractivity contribution in [1.29, 1.82) is 0 Å². The molecule has 0 unspecified atom stereocenters. The SMILES string of the molecule is CC(C)(C)OC(=O)n1ccc(=O)cc1C(=O)O. The number of carbonyl (C=O) groups is 2. The molecule has 0 saturated heterocycles. The molecule has 92 valence electrons. The minimum absolute atomic E-state index is 0.424. The molecule has 1 rings (SSSR count). The highest BCUT2D eigenvalue weighted by Gasteiger charge is 2.21. The maximum Gasteiger partial charge on any atom is 0.419 e. The van der Waals surface area contributed by atoms with E-state index in [4.69, 9.17) is 9.84 Å². The van der Waals surface area contributed by atoms with Crippen LogP contribution in [0.25, 0.3) is 0 Å². The molecule has 0 saturated carbocycles. The van der Waals surface area contributed by atoms with Crippen LogP contribution in [0.15, 0.2) is 23.1 Å². The summed E-state index contributed by atoms with van der Waals surface area (Å²) in [6.07, 6.45) is 0.245. The molecule has 0 radical (unpaired) electrons. The number of hydrogen-bond acceptors (Lipinski definition) is 4. The van der Waals surface area contributed by atoms with Crippen LogP contribution in [0.3, 0.4) is 0 Å². The van der Waals surface area contributed by atoms with Crippen molar-refractivity contribution >= 4 is 12.1 Å². The Morgan fingerprint density at radius 2 is 1.94 bits per heavy atom. The van der Waals surface area contributed by atoms with Gasteiger partial charge in [0.1, 0.15) is 11.3 Å². The zero-order valence-electron chi connectivity index (χ0n) is 9.76. The lowest BCUT2D eigenvalue weighted by Gasteiger charge is -2.20. The first-order chi connectivity index (χ1) is 7.70. The van der Waals surface area contributed by atoms with Gasteiger partial charge in [0.25, 0.3) is 0 Å². The summed E-state index contributed by atoms with van der Waals surface area (Å²) < 4.78 is 5.80. The van der Waals surface area contributed by atoms with E-state index in [0.717, 1.165) is 22.9 Å². The van der Waals surface area contributed by atoms with Crippen LogP contribution in [-0.2, 0) is 4.74 Å². The van der Waals surface area contributed by atoms with Crippen LogP contribution in [0.4, 0.5) is 4.79 Å². The van der Waals surface area contributed by atoms with Gasteiger partial charge in [-0.15, -0.1) is 0 Å². The van der Waals surface area contributed by atoms with Gasteiger partial charge in [-0.05, 0) is 20.8 Å². The van der Waals surface area contributed by atoms with Crippen molar-refractivity contribution in [1.82, 2.24) is 4.57 Å². The molecular weight excluding hydrogens is 226 g/mol. The average molecular weight is 239 g/mol. The summed E-state index contributed by atoms with van der Waals surface area (Å²) in [5.41, 5.74) is -1.65. The van der Waals surface area contributed by atoms with E-state index in [9.17, 15) is 14.4 Å². The molecule has 0 fully saturated rings. The molecular formula is C11H13NO5. The van der Waals surface area contributed by atoms with E-state index in [0.29, 0.717) is 0 Å². The maximum atomic E-state index is 11.7. The van der Waals surface area contributed by atoms with Gasteiger partial charge >= 0.3 is 12.1 Å². The quantitative estimate of drug-likeness (QED) is 0.799. The number of hydrogen-bond donors (Lipinski definition) is 1. The molecule has 0 aliphatic carbocycles. The Kier molecular flexibility index (Phi) is 3.36. The number of aromatic nitrogens is 1. The first-order valence-electron chi connectivity index (χ1n) is 4.90. The van der Waals surface area contributed by atoms with Crippen LogP contribution in [0.2, 0.25) is 0 Å². The minimum atomic E-state index is -1.37. The van der Waals surface area contributed by atoms with E-state index in [1.807, 2.05) is 0 Å². The van der Waals surface area contributed by atoms with Crippen molar-refractivity contribution in [2.75, 3.05) is 0 Å². The number of carboxylic acids is 1. The zero-order valence-corrected chi connectivity index (χ0v) is 9.76. The molecule has 0 atom stereocenters. The molecule has 6 heteroatoms. The predicted octanol–water partition coefficient (Wildman–Crippen LogP) is 1.33. The highest BCUT2D eigenvalue weighted by Crippen LogP contribution is 2.09. The van der Waals surface area contributed by atoms with Crippen molar-refractivity contribution in [2.45, 2.75) is 26.4 Å². The van der Waals surface area contributed by atoms with Gasteiger partial charge in [-0.3, -0.25) is 4.79 Å². The molecule has 0 bridgehead atoms. The Bertz CT molecular complexity index is 509. The van der Waals surface area contributed by atoms with Crippen LogP contribution in [-0.4, -0.2) is 27.3 Å². The fourth-order valence-corrected chi connectivity index (χ4v) is 1.12. The van der Waals surface area contributed by atoms with E-state index in [1.165, 1.54) is 0 Å². The molecule has 0 amide bonds. The number of rotatable bonds is 1. The third-order valence-corrected chi connectivity index (χ3v) is 1.74. The number of carbonyl (C=O) groups excluding carboxylic acids is 1. The lowest BCUT2D eigenvalue weighted by atomic mass is 10.2. The van der Waals surface area contributed by atoms with Gasteiger partial charge in [0.2, 0.25) is 0 Å². The van der Waals surface area contributed by atoms with E-state index in [-0.39, 0.29) is 0 Å². The highest BCUT2D eigenvalue weighted by molar-refractivity contribution is 5.90. The summed E-state index contributed by atoms with van der Waals surface area (Å²) in [7, 11) is 0. The normalized spacial score (nSPS) is 11.0. The zero-order chi connectivity index (χ0) is 13.2. The van der Waals surface area contributed by atoms with Crippen LogP contribution in [0.1, 0.15) is 31.3 Å². The van der Waals surface area contributed by atoms with Gasteiger partial charge in [-0.2, -0.15) is 0 Å². The van der Waals surface area contributed by atoms with Crippen LogP contribution in [0.5, 0.6) is 0 Å². The second-order valence-electron chi connectivity index (χ2n) is 4.40. The highest BCUT2D eigenvalue weighted by atomic mass is 16.6. The number of pyridine rings is 1. The molecule has 1 aromatic rings. The molecule has 0 aromatic carbocycles. The Balaban J connectivity index is 3.18. The van der Waals surface area contributed by atoms with Crippen molar-refractivity contribution in [3.05, 3.63) is 34.2 Å². The lowest BCUT2D eigenvalue weighted by molar-refractivity contribution is 0.0503. The number of ether oxygens (including phenoxy) is 1. The predicted molar refractivity (Wildman–Crippen MR) is 59.3 cm³/mol. The van der Waals surface area contributed by atoms with Gasteiger partial charge in [-0.25, -0.2) is 14.2 Å². The minimum Gasteiger partial charge on any atom is -0.477 e. The monoisotopic (exact) mass is 239 g/mol. The topological polar surface area (TPSA) is 85.6 Å². The van der Waals surface area contributed by atoms with Crippen LogP contribution in [0, 0.1) is 0 Å². The van der Waals surface area contributed by atoms with E-state index in [2.05, 4.69) is 0 Å². The molecule has 1 aromatic heterocycles. The van der Waals surface area contributed by atoms with Gasteiger partial charge in [0.05, 0.1) is 0 Å². The molecule has 1 N–H and O–H groups in total. The summed E-state index contributed by atoms with van der Waals surface area (Å²) in [4.78, 5) is 33.6. The van der Waals surface area contributed by atoms with E-state index < -0.39 is 28.8 Å². The van der Waals surface area contributed by atoms with Crippen LogP contribution < -0.4 is 5.43 Å². The van der Waals surface area contributed by atoms with Crippen LogP contribution >= 0.6 is 0 Å². The Morgan fingerprint density at radius 1 is 1.35 bits per heavy atom. The second kappa shape index (κ2) is 4.40. The van der Waals surface area contributed by atoms with Crippen molar-refractivity contribution in [2.24, 2.45) is 0 Å². The lowest BCUT2D eigenvalue weighted by Crippen LogP contribution is -2.30. The molecule has 0 aliphatic rings. The molecule has 1 heterocycles. The average Bonchev–Trinajstić information content (AvgIpc) is 2.14. The summed E-state index contributed by atoms with van der Waals surface area (Å²) in [6, 6.07) is 1.96. The van der Waals surface area contributed by atoms with Crippen molar-refractivity contribution < 1.29 is 19.4 Å². The standard InChI is InChI=1S/C11H13NO5/c1-11(2,3)17-10(16)12-5-4-7(13)6-8(12)9(14)15/h4-6H,1-3H3,(H,14,15). The Labute approximate surface area is 97.4 Å². The van der Waals surface area contributed by atoms with Crippen molar-refractivity contribution in [3.63, 3.8) is 0 Å². The summed E-state index contributed by atoms with van der Waals surface area (Å²) >= 11 is 0. The first-order valence-corrected chi connectivity index (χ1v) is 4.90. The van der Waals surface area contributed by atoms with Gasteiger partial charge in [0, 0.05) is 18.3 Å². The third kappa shape index (κ3) is 3.44. The smallest absolute Gasteiger partial charge is 0.419 e. The fraction of sp³-hybridized carbons (Fsp3) is 0.364. The largest absolute Gasteiger partial charge is 0.477 e. The number of nitrogens with zero attached hydrogens (tertiary/aromatic N) is 1. The van der Waals surface area contributed by atoms with E-state index in [1.54, 1.807) is 20.8 Å². The number of aromatic carboxylic acids is 1. The summed E-state index contributed by atoms with van der Waals surface area (Å²) in [5.74, 6) is -1.37. The van der Waals surface area contributed by atoms with Crippen molar-refractivity contribution in [3.8, 4) is 0 Å². The maximum absolute atomic E-state index is 11.7. The van der Waals surface area contributed by atoms with Gasteiger partial charge < -0.3 is 9.84 Å². The first kappa shape index (κ1) is 13.0. The van der Waals surface area contributed by atoms with Gasteiger partial charge in [-0.1, -0.05) is 0 Å². The molecule has 17 heavy (non-hydrogen) atoms. The number of carboxylic acid groups (broad SMARTS) is 1. The summed E-state index contributed by atoms with van der Waals surface area (Å²) in [5, 5.41) is 8.87. The van der Waals surface area contributed by atoms with Gasteiger partial charge in [0.15, 0.2) is 5.43 Å². The second-order valence-corrected chi connectivity index (χ2v) is 4.40. The van der Waals surface area contributed by atoms with E-state index >= 15 is 0 Å². The molecule has 6 nitrogen and oxygen atoms in total. The fourth-order valence-electron chi connectivity index (χ4n) is 1.12. The molecule has 0 aliphatic heterocycles.